The Labute approximate surface area is 114 Å². The van der Waals surface area contributed by atoms with E-state index < -0.39 is 0 Å². The summed E-state index contributed by atoms with van der Waals surface area (Å²) in [5.41, 5.74) is 1.35. The summed E-state index contributed by atoms with van der Waals surface area (Å²) in [5.74, 6) is 0.794. The van der Waals surface area contributed by atoms with Crippen LogP contribution in [0.25, 0.3) is 0 Å². The van der Waals surface area contributed by atoms with Crippen molar-refractivity contribution < 1.29 is 9.21 Å². The van der Waals surface area contributed by atoms with E-state index in [1.807, 2.05) is 12.1 Å². The second kappa shape index (κ2) is 6.45. The first-order valence-corrected chi connectivity index (χ1v) is 6.90. The summed E-state index contributed by atoms with van der Waals surface area (Å²) in [6.07, 6.45) is 8.62. The fourth-order valence-corrected chi connectivity index (χ4v) is 2.35. The van der Waals surface area contributed by atoms with E-state index in [9.17, 15) is 4.79 Å². The molecule has 1 N–H and O–H groups in total. The molecule has 4 nitrogen and oxygen atoms in total. The predicted octanol–water partition coefficient (Wildman–Crippen LogP) is 3.31. The minimum atomic E-state index is -0.0598. The molecular formula is C15H22N2O2. The molecule has 0 saturated heterocycles. The maximum atomic E-state index is 12.1. The van der Waals surface area contributed by atoms with E-state index in [0.29, 0.717) is 6.54 Å². The van der Waals surface area contributed by atoms with Gasteiger partial charge in [0.2, 0.25) is 0 Å². The van der Waals surface area contributed by atoms with Crippen LogP contribution < -0.4 is 5.32 Å². The molecule has 4 heteroatoms. The molecule has 0 radical (unpaired) electrons. The number of hydrogen-bond donors (Lipinski definition) is 1. The highest BCUT2D eigenvalue weighted by Gasteiger charge is 2.16. The normalized spacial score (nSPS) is 16.6. The highest BCUT2D eigenvalue weighted by atomic mass is 16.3. The summed E-state index contributed by atoms with van der Waals surface area (Å²) < 4.78 is 5.24. The predicted molar refractivity (Wildman–Crippen MR) is 74.7 cm³/mol. The van der Waals surface area contributed by atoms with Crippen LogP contribution in [0.15, 0.2) is 34.5 Å². The van der Waals surface area contributed by atoms with Gasteiger partial charge >= 0.3 is 6.03 Å². The summed E-state index contributed by atoms with van der Waals surface area (Å²) in [5, 5.41) is 3.04. The third-order valence-corrected chi connectivity index (χ3v) is 3.54. The maximum Gasteiger partial charge on any atom is 0.318 e. The number of carbonyl (C=O) groups excluding carboxylic acids is 1. The zero-order chi connectivity index (χ0) is 13.7. The van der Waals surface area contributed by atoms with E-state index in [1.54, 1.807) is 18.2 Å². The minimum Gasteiger partial charge on any atom is -0.467 e. The van der Waals surface area contributed by atoms with Crippen LogP contribution in [0.2, 0.25) is 0 Å². The van der Waals surface area contributed by atoms with Crippen LogP contribution in [0.4, 0.5) is 4.79 Å². The highest BCUT2D eigenvalue weighted by molar-refractivity contribution is 5.74. The molecule has 1 atom stereocenters. The van der Waals surface area contributed by atoms with Gasteiger partial charge in [-0.1, -0.05) is 11.6 Å². The van der Waals surface area contributed by atoms with E-state index in [1.165, 1.54) is 18.4 Å². The van der Waals surface area contributed by atoms with Gasteiger partial charge in [-0.15, -0.1) is 0 Å². The molecule has 1 aromatic rings. The first kappa shape index (κ1) is 13.7. The van der Waals surface area contributed by atoms with Crippen LogP contribution in [0, 0.1) is 0 Å². The van der Waals surface area contributed by atoms with Crippen LogP contribution in [-0.2, 0) is 6.54 Å². The van der Waals surface area contributed by atoms with Crippen molar-refractivity contribution in [3.8, 4) is 0 Å². The molecular weight excluding hydrogens is 240 g/mol. The van der Waals surface area contributed by atoms with Crippen LogP contribution >= 0.6 is 0 Å². The summed E-state index contributed by atoms with van der Waals surface area (Å²) >= 11 is 0. The Morgan fingerprint density at radius 3 is 3.00 bits per heavy atom. The monoisotopic (exact) mass is 262 g/mol. The second-order valence-electron chi connectivity index (χ2n) is 5.13. The number of rotatable bonds is 4. The van der Waals surface area contributed by atoms with Gasteiger partial charge in [-0.3, -0.25) is 0 Å². The second-order valence-corrected chi connectivity index (χ2v) is 5.13. The van der Waals surface area contributed by atoms with Crippen molar-refractivity contribution in [3.05, 3.63) is 35.8 Å². The molecule has 2 amide bonds. The molecule has 0 aliphatic heterocycles. The Kier molecular flexibility index (Phi) is 4.66. The molecule has 0 bridgehead atoms. The van der Waals surface area contributed by atoms with Gasteiger partial charge in [0.05, 0.1) is 12.8 Å². The smallest absolute Gasteiger partial charge is 0.318 e. The average molecular weight is 262 g/mol. The number of urea groups is 1. The van der Waals surface area contributed by atoms with Gasteiger partial charge in [0, 0.05) is 13.1 Å². The number of carbonyl (C=O) groups is 1. The van der Waals surface area contributed by atoms with Crippen molar-refractivity contribution >= 4 is 6.03 Å². The zero-order valence-corrected chi connectivity index (χ0v) is 11.7. The maximum absolute atomic E-state index is 12.1. The highest BCUT2D eigenvalue weighted by Crippen LogP contribution is 2.20. The van der Waals surface area contributed by atoms with Gasteiger partial charge in [-0.2, -0.15) is 0 Å². The fourth-order valence-electron chi connectivity index (χ4n) is 2.35. The van der Waals surface area contributed by atoms with Crippen LogP contribution in [0.1, 0.15) is 38.4 Å². The number of furan rings is 1. The van der Waals surface area contributed by atoms with Gasteiger partial charge in [0.1, 0.15) is 5.76 Å². The summed E-state index contributed by atoms with van der Waals surface area (Å²) in [6.45, 7) is 2.54. The molecule has 1 aromatic heterocycles. The van der Waals surface area contributed by atoms with Crippen molar-refractivity contribution in [1.29, 1.82) is 0 Å². The Morgan fingerprint density at radius 1 is 1.53 bits per heavy atom. The van der Waals surface area contributed by atoms with Gasteiger partial charge < -0.3 is 14.6 Å². The van der Waals surface area contributed by atoms with Crippen LogP contribution in [0.5, 0.6) is 0 Å². The van der Waals surface area contributed by atoms with E-state index in [0.717, 1.165) is 18.6 Å². The molecule has 104 valence electrons. The third-order valence-electron chi connectivity index (χ3n) is 3.54. The average Bonchev–Trinajstić information content (AvgIpc) is 2.92. The van der Waals surface area contributed by atoms with E-state index in [-0.39, 0.29) is 12.1 Å². The van der Waals surface area contributed by atoms with Gasteiger partial charge in [0.15, 0.2) is 0 Å². The lowest BCUT2D eigenvalue weighted by molar-refractivity contribution is 0.201. The summed E-state index contributed by atoms with van der Waals surface area (Å²) in [7, 11) is 1.78. The molecule has 0 aromatic carbocycles. The Balaban J connectivity index is 1.84. The van der Waals surface area contributed by atoms with Gasteiger partial charge in [-0.05, 0) is 44.7 Å². The fraction of sp³-hybridized carbons (Fsp3) is 0.533. The topological polar surface area (TPSA) is 45.5 Å². The Bertz CT molecular complexity index is 437. The third kappa shape index (κ3) is 3.88. The Morgan fingerprint density at radius 2 is 2.37 bits per heavy atom. The van der Waals surface area contributed by atoms with Gasteiger partial charge in [0.25, 0.3) is 0 Å². The van der Waals surface area contributed by atoms with Crippen molar-refractivity contribution in [2.75, 3.05) is 7.05 Å². The molecule has 1 aliphatic carbocycles. The van der Waals surface area contributed by atoms with Crippen LogP contribution in [-0.4, -0.2) is 24.0 Å². The standard InChI is InChI=1S/C15H22N2O2/c1-12(13-7-4-3-5-8-13)16-15(18)17(2)11-14-9-6-10-19-14/h6-7,9-10,12H,3-5,8,11H2,1-2H3,(H,16,18)/t12-/m0/s1. The molecule has 1 heterocycles. The molecule has 1 aliphatic rings. The number of hydrogen-bond acceptors (Lipinski definition) is 2. The largest absolute Gasteiger partial charge is 0.467 e. The molecule has 2 rings (SSSR count). The number of allylic oxidation sites excluding steroid dienone is 1. The van der Waals surface area contributed by atoms with E-state index in [4.69, 9.17) is 4.42 Å². The van der Waals surface area contributed by atoms with Crippen molar-refractivity contribution in [2.45, 2.75) is 45.2 Å². The van der Waals surface area contributed by atoms with Crippen molar-refractivity contribution in [3.63, 3.8) is 0 Å². The van der Waals surface area contributed by atoms with E-state index >= 15 is 0 Å². The summed E-state index contributed by atoms with van der Waals surface area (Å²) in [4.78, 5) is 13.7. The van der Waals surface area contributed by atoms with Crippen molar-refractivity contribution in [2.24, 2.45) is 0 Å². The molecule has 0 saturated carbocycles. The lowest BCUT2D eigenvalue weighted by Crippen LogP contribution is -2.42. The summed E-state index contributed by atoms with van der Waals surface area (Å²) in [6, 6.07) is 3.76. The molecule has 19 heavy (non-hydrogen) atoms. The molecule has 0 fully saturated rings. The lowest BCUT2D eigenvalue weighted by Gasteiger charge is -2.24. The van der Waals surface area contributed by atoms with Crippen molar-refractivity contribution in [1.82, 2.24) is 10.2 Å². The van der Waals surface area contributed by atoms with Gasteiger partial charge in [-0.25, -0.2) is 4.79 Å². The first-order chi connectivity index (χ1) is 9.16. The Hall–Kier alpha value is -1.71. The minimum absolute atomic E-state index is 0.0598. The molecule has 0 unspecified atom stereocenters. The first-order valence-electron chi connectivity index (χ1n) is 6.90. The van der Waals surface area contributed by atoms with E-state index in [2.05, 4.69) is 18.3 Å². The lowest BCUT2D eigenvalue weighted by atomic mass is 9.95. The zero-order valence-electron chi connectivity index (χ0n) is 11.7. The quantitative estimate of drug-likeness (QED) is 0.846. The number of nitrogens with one attached hydrogen (secondary N) is 1. The SMILES string of the molecule is C[C@H](NC(=O)N(C)Cc1ccco1)C1=CCCCC1. The number of amides is 2. The molecule has 0 spiro atoms. The van der Waals surface area contributed by atoms with Crippen LogP contribution in [0.3, 0.4) is 0 Å². The number of nitrogens with zero attached hydrogens (tertiary/aromatic N) is 1.